The lowest BCUT2D eigenvalue weighted by molar-refractivity contribution is 0.300. The number of ether oxygens (including phenoxy) is 1. The van der Waals surface area contributed by atoms with Crippen molar-refractivity contribution < 1.29 is 4.74 Å². The van der Waals surface area contributed by atoms with Gasteiger partial charge in [-0.15, -0.1) is 0 Å². The Hall–Kier alpha value is -0.400. The van der Waals surface area contributed by atoms with Crippen LogP contribution in [-0.2, 0) is 0 Å². The summed E-state index contributed by atoms with van der Waals surface area (Å²) in [7, 11) is 0. The van der Waals surface area contributed by atoms with Gasteiger partial charge in [-0.1, -0.05) is 23.2 Å². The summed E-state index contributed by atoms with van der Waals surface area (Å²) in [6.07, 6.45) is 2.59. The average molecular weight is 217 g/mol. The molecule has 1 saturated carbocycles. The maximum atomic E-state index is 5.83. The Morgan fingerprint density at radius 2 is 2.00 bits per heavy atom. The first kappa shape index (κ1) is 9.17. The van der Waals surface area contributed by atoms with Gasteiger partial charge < -0.3 is 4.74 Å². The van der Waals surface area contributed by atoms with E-state index < -0.39 is 0 Å². The van der Waals surface area contributed by atoms with Crippen molar-refractivity contribution in [1.82, 2.24) is 0 Å². The molecule has 3 heteroatoms. The van der Waals surface area contributed by atoms with Crippen molar-refractivity contribution in [3.8, 4) is 5.75 Å². The van der Waals surface area contributed by atoms with Crippen LogP contribution in [0.1, 0.15) is 12.8 Å². The Morgan fingerprint density at radius 1 is 1.23 bits per heavy atom. The molecule has 1 fully saturated rings. The zero-order valence-electron chi connectivity index (χ0n) is 7.09. The monoisotopic (exact) mass is 216 g/mol. The van der Waals surface area contributed by atoms with E-state index in [4.69, 9.17) is 27.9 Å². The molecular formula is C10H10Cl2O. The molecule has 0 saturated heterocycles. The molecule has 1 aromatic rings. The smallest absolute Gasteiger partial charge is 0.120 e. The molecule has 0 spiro atoms. The van der Waals surface area contributed by atoms with Gasteiger partial charge in [0.15, 0.2) is 0 Å². The molecule has 13 heavy (non-hydrogen) atoms. The highest BCUT2D eigenvalue weighted by atomic mass is 35.5. The van der Waals surface area contributed by atoms with Gasteiger partial charge in [-0.05, 0) is 30.9 Å². The molecule has 0 N–H and O–H groups in total. The van der Waals surface area contributed by atoms with Crippen molar-refractivity contribution in [3.05, 3.63) is 28.2 Å². The average Bonchev–Trinajstić information content (AvgIpc) is 2.91. The first-order valence-electron chi connectivity index (χ1n) is 4.33. The number of hydrogen-bond acceptors (Lipinski definition) is 1. The summed E-state index contributed by atoms with van der Waals surface area (Å²) in [5.74, 6) is 1.57. The van der Waals surface area contributed by atoms with Crippen LogP contribution in [0.3, 0.4) is 0 Å². The van der Waals surface area contributed by atoms with Crippen LogP contribution in [0, 0.1) is 5.92 Å². The lowest BCUT2D eigenvalue weighted by Crippen LogP contribution is -1.98. The summed E-state index contributed by atoms with van der Waals surface area (Å²) in [4.78, 5) is 0. The van der Waals surface area contributed by atoms with E-state index in [1.54, 1.807) is 12.1 Å². The number of halogens is 2. The fraction of sp³-hybridized carbons (Fsp3) is 0.400. The van der Waals surface area contributed by atoms with Gasteiger partial charge in [-0.2, -0.15) is 0 Å². The molecule has 0 bridgehead atoms. The third-order valence-electron chi connectivity index (χ3n) is 2.07. The Bertz CT molecular complexity index is 308. The van der Waals surface area contributed by atoms with Crippen LogP contribution in [0.4, 0.5) is 0 Å². The minimum atomic E-state index is 0.551. The fourth-order valence-electron chi connectivity index (χ4n) is 1.07. The second kappa shape index (κ2) is 3.77. The SMILES string of the molecule is Clc1ccc(OCC2CC2)cc1Cl. The number of hydrogen-bond donors (Lipinski definition) is 0. The molecule has 1 aromatic carbocycles. The lowest BCUT2D eigenvalue weighted by atomic mass is 10.3. The van der Waals surface area contributed by atoms with E-state index in [0.717, 1.165) is 18.3 Å². The van der Waals surface area contributed by atoms with Gasteiger partial charge in [0.2, 0.25) is 0 Å². The highest BCUT2D eigenvalue weighted by Gasteiger charge is 2.21. The molecular weight excluding hydrogens is 207 g/mol. The fourth-order valence-corrected chi connectivity index (χ4v) is 1.35. The number of benzene rings is 1. The van der Waals surface area contributed by atoms with E-state index in [-0.39, 0.29) is 0 Å². The molecule has 0 radical (unpaired) electrons. The predicted molar refractivity (Wildman–Crippen MR) is 54.7 cm³/mol. The maximum absolute atomic E-state index is 5.83. The largest absolute Gasteiger partial charge is 0.493 e. The van der Waals surface area contributed by atoms with Gasteiger partial charge in [0.25, 0.3) is 0 Å². The lowest BCUT2D eigenvalue weighted by Gasteiger charge is -2.05. The predicted octanol–water partition coefficient (Wildman–Crippen LogP) is 3.78. The van der Waals surface area contributed by atoms with Gasteiger partial charge in [-0.3, -0.25) is 0 Å². The Morgan fingerprint density at radius 3 is 2.62 bits per heavy atom. The van der Waals surface area contributed by atoms with Crippen molar-refractivity contribution in [3.63, 3.8) is 0 Å². The van der Waals surface area contributed by atoms with Crippen LogP contribution >= 0.6 is 23.2 Å². The zero-order chi connectivity index (χ0) is 9.26. The van der Waals surface area contributed by atoms with E-state index >= 15 is 0 Å². The molecule has 0 atom stereocenters. The normalized spacial score (nSPS) is 15.8. The van der Waals surface area contributed by atoms with Gasteiger partial charge in [0.1, 0.15) is 5.75 Å². The molecule has 2 rings (SSSR count). The van der Waals surface area contributed by atoms with Gasteiger partial charge >= 0.3 is 0 Å². The number of rotatable bonds is 3. The third-order valence-corrected chi connectivity index (χ3v) is 2.81. The first-order valence-corrected chi connectivity index (χ1v) is 5.09. The summed E-state index contributed by atoms with van der Waals surface area (Å²) in [6, 6.07) is 5.36. The highest BCUT2D eigenvalue weighted by molar-refractivity contribution is 6.42. The molecule has 0 amide bonds. The van der Waals surface area contributed by atoms with Gasteiger partial charge in [0.05, 0.1) is 16.7 Å². The minimum Gasteiger partial charge on any atom is -0.493 e. The Balaban J connectivity index is 1.98. The summed E-state index contributed by atoms with van der Waals surface area (Å²) >= 11 is 11.6. The van der Waals surface area contributed by atoms with Crippen LogP contribution in [0.5, 0.6) is 5.75 Å². The molecule has 0 heterocycles. The molecule has 0 aromatic heterocycles. The Labute approximate surface area is 87.6 Å². The third kappa shape index (κ3) is 2.52. The van der Waals surface area contributed by atoms with Crippen molar-refractivity contribution in [2.24, 2.45) is 5.92 Å². The van der Waals surface area contributed by atoms with Crippen LogP contribution < -0.4 is 4.74 Å². The molecule has 1 nitrogen and oxygen atoms in total. The summed E-state index contributed by atoms with van der Waals surface area (Å²) in [5.41, 5.74) is 0. The second-order valence-corrected chi connectivity index (χ2v) is 4.14. The van der Waals surface area contributed by atoms with E-state index in [9.17, 15) is 0 Å². The van der Waals surface area contributed by atoms with Gasteiger partial charge in [0, 0.05) is 6.07 Å². The van der Waals surface area contributed by atoms with Crippen molar-refractivity contribution in [2.75, 3.05) is 6.61 Å². The standard InChI is InChI=1S/C10H10Cl2O/c11-9-4-3-8(5-10(9)12)13-6-7-1-2-7/h3-5,7H,1-2,6H2. The van der Waals surface area contributed by atoms with Crippen molar-refractivity contribution >= 4 is 23.2 Å². The quantitative estimate of drug-likeness (QED) is 0.748. The summed E-state index contributed by atoms with van der Waals surface area (Å²) in [6.45, 7) is 0.804. The molecule has 0 aliphatic heterocycles. The van der Waals surface area contributed by atoms with E-state index in [2.05, 4.69) is 0 Å². The van der Waals surface area contributed by atoms with Crippen molar-refractivity contribution in [2.45, 2.75) is 12.8 Å². The van der Waals surface area contributed by atoms with E-state index in [1.165, 1.54) is 12.8 Å². The highest BCUT2D eigenvalue weighted by Crippen LogP contribution is 2.31. The van der Waals surface area contributed by atoms with E-state index in [0.29, 0.717) is 10.0 Å². The summed E-state index contributed by atoms with van der Waals surface area (Å²) in [5, 5.41) is 1.12. The minimum absolute atomic E-state index is 0.551. The molecule has 0 unspecified atom stereocenters. The molecule has 1 aliphatic rings. The maximum Gasteiger partial charge on any atom is 0.120 e. The van der Waals surface area contributed by atoms with Crippen LogP contribution in [0.15, 0.2) is 18.2 Å². The zero-order valence-corrected chi connectivity index (χ0v) is 8.61. The van der Waals surface area contributed by atoms with Crippen LogP contribution in [0.2, 0.25) is 10.0 Å². The second-order valence-electron chi connectivity index (χ2n) is 3.33. The molecule has 70 valence electrons. The van der Waals surface area contributed by atoms with Gasteiger partial charge in [-0.25, -0.2) is 0 Å². The van der Waals surface area contributed by atoms with Crippen molar-refractivity contribution in [1.29, 1.82) is 0 Å². The Kier molecular flexibility index (Phi) is 2.66. The van der Waals surface area contributed by atoms with Crippen LogP contribution in [0.25, 0.3) is 0 Å². The topological polar surface area (TPSA) is 9.23 Å². The first-order chi connectivity index (χ1) is 6.25. The van der Waals surface area contributed by atoms with Crippen LogP contribution in [-0.4, -0.2) is 6.61 Å². The summed E-state index contributed by atoms with van der Waals surface area (Å²) < 4.78 is 5.52. The van der Waals surface area contributed by atoms with E-state index in [1.807, 2.05) is 6.07 Å². The molecule has 1 aliphatic carbocycles.